The molecule has 15 heavy (non-hydrogen) atoms. The smallest absolute Gasteiger partial charge is 0.235 e. The van der Waals surface area contributed by atoms with Gasteiger partial charge in [-0.1, -0.05) is 0 Å². The molecule has 0 atom stereocenters. The standard InChI is InChI=1S/C9H14N2O4/c12-8-10-2-6-14-4-1-5-15-7-3-11-9-13/h1-7H2. The van der Waals surface area contributed by atoms with E-state index in [1.165, 1.54) is 12.2 Å². The number of nitrogens with zero attached hydrogens (tertiary/aromatic N) is 2. The molecule has 0 saturated carbocycles. The molecule has 6 heteroatoms. The Morgan fingerprint density at radius 2 is 1.27 bits per heavy atom. The molecule has 0 saturated heterocycles. The van der Waals surface area contributed by atoms with Crippen LogP contribution in [-0.4, -0.2) is 51.7 Å². The third-order valence-electron chi connectivity index (χ3n) is 1.40. The van der Waals surface area contributed by atoms with Gasteiger partial charge < -0.3 is 9.47 Å². The zero-order valence-corrected chi connectivity index (χ0v) is 8.48. The Bertz CT molecular complexity index is 208. The number of aliphatic imine (C=N–C) groups is 2. The van der Waals surface area contributed by atoms with E-state index < -0.39 is 0 Å². The molecule has 0 unspecified atom stereocenters. The maximum absolute atomic E-state index is 9.66. The second kappa shape index (κ2) is 12.7. The van der Waals surface area contributed by atoms with Crippen LogP contribution in [0.25, 0.3) is 0 Å². The van der Waals surface area contributed by atoms with Crippen molar-refractivity contribution in [3.63, 3.8) is 0 Å². The zero-order chi connectivity index (χ0) is 11.2. The highest BCUT2D eigenvalue weighted by molar-refractivity contribution is 5.32. The zero-order valence-electron chi connectivity index (χ0n) is 8.48. The molecule has 0 bridgehead atoms. The Morgan fingerprint density at radius 3 is 1.67 bits per heavy atom. The summed E-state index contributed by atoms with van der Waals surface area (Å²) in [4.78, 5) is 26.0. The number of carbonyl (C=O) groups excluding carboxylic acids is 2. The van der Waals surface area contributed by atoms with E-state index in [4.69, 9.17) is 9.47 Å². The Hall–Kier alpha value is -1.32. The van der Waals surface area contributed by atoms with Crippen LogP contribution in [-0.2, 0) is 19.1 Å². The van der Waals surface area contributed by atoms with Gasteiger partial charge in [0.05, 0.1) is 26.3 Å². The molecule has 0 N–H and O–H groups in total. The second-order valence-electron chi connectivity index (χ2n) is 2.52. The fourth-order valence-corrected chi connectivity index (χ4v) is 0.779. The van der Waals surface area contributed by atoms with Crippen LogP contribution in [0.5, 0.6) is 0 Å². The maximum Gasteiger partial charge on any atom is 0.235 e. The van der Waals surface area contributed by atoms with Crippen molar-refractivity contribution in [1.29, 1.82) is 0 Å². The average molecular weight is 214 g/mol. The molecule has 0 aliphatic heterocycles. The van der Waals surface area contributed by atoms with Crippen LogP contribution in [0.15, 0.2) is 9.98 Å². The predicted octanol–water partition coefficient (Wildman–Crippen LogP) is 0.0813. The van der Waals surface area contributed by atoms with Crippen LogP contribution < -0.4 is 0 Å². The van der Waals surface area contributed by atoms with Crippen molar-refractivity contribution in [2.45, 2.75) is 6.42 Å². The van der Waals surface area contributed by atoms with Gasteiger partial charge in [-0.25, -0.2) is 19.6 Å². The number of rotatable bonds is 10. The summed E-state index contributed by atoms with van der Waals surface area (Å²) in [5.74, 6) is 0. The van der Waals surface area contributed by atoms with Gasteiger partial charge in [0.1, 0.15) is 0 Å². The van der Waals surface area contributed by atoms with Crippen LogP contribution >= 0.6 is 0 Å². The molecular formula is C9H14N2O4. The van der Waals surface area contributed by atoms with Crippen molar-refractivity contribution in [3.8, 4) is 0 Å². The minimum atomic E-state index is 0.346. The van der Waals surface area contributed by atoms with E-state index in [0.29, 0.717) is 39.5 Å². The van der Waals surface area contributed by atoms with Crippen molar-refractivity contribution < 1.29 is 19.1 Å². The summed E-state index contributed by atoms with van der Waals surface area (Å²) < 4.78 is 10.3. The monoisotopic (exact) mass is 214 g/mol. The summed E-state index contributed by atoms with van der Waals surface area (Å²) in [6.45, 7) is 2.66. The summed E-state index contributed by atoms with van der Waals surface area (Å²) in [5.41, 5.74) is 0. The first-order valence-corrected chi connectivity index (χ1v) is 4.64. The number of hydrogen-bond donors (Lipinski definition) is 0. The number of isocyanates is 2. The van der Waals surface area contributed by atoms with E-state index in [2.05, 4.69) is 9.98 Å². The van der Waals surface area contributed by atoms with Gasteiger partial charge in [-0.05, 0) is 6.42 Å². The molecular weight excluding hydrogens is 200 g/mol. The molecule has 0 aromatic rings. The molecule has 6 nitrogen and oxygen atoms in total. The number of ether oxygens (including phenoxy) is 2. The van der Waals surface area contributed by atoms with E-state index in [0.717, 1.165) is 6.42 Å². The van der Waals surface area contributed by atoms with Crippen LogP contribution in [0.1, 0.15) is 6.42 Å². The van der Waals surface area contributed by atoms with Crippen molar-refractivity contribution in [2.24, 2.45) is 9.98 Å². The van der Waals surface area contributed by atoms with E-state index >= 15 is 0 Å². The molecule has 0 rings (SSSR count). The second-order valence-corrected chi connectivity index (χ2v) is 2.52. The molecule has 0 aliphatic rings. The van der Waals surface area contributed by atoms with Gasteiger partial charge in [-0.15, -0.1) is 0 Å². The van der Waals surface area contributed by atoms with Gasteiger partial charge in [0.25, 0.3) is 0 Å². The van der Waals surface area contributed by atoms with Gasteiger partial charge in [-0.2, -0.15) is 0 Å². The van der Waals surface area contributed by atoms with Crippen LogP contribution in [0, 0.1) is 0 Å². The molecule has 0 fully saturated rings. The van der Waals surface area contributed by atoms with Gasteiger partial charge in [0, 0.05) is 13.2 Å². The van der Waals surface area contributed by atoms with E-state index in [1.54, 1.807) is 0 Å². The van der Waals surface area contributed by atoms with E-state index in [9.17, 15) is 9.59 Å². The number of hydrogen-bond acceptors (Lipinski definition) is 6. The van der Waals surface area contributed by atoms with Crippen molar-refractivity contribution in [3.05, 3.63) is 0 Å². The fraction of sp³-hybridized carbons (Fsp3) is 0.778. The summed E-state index contributed by atoms with van der Waals surface area (Å²) in [5, 5.41) is 0. The first-order valence-electron chi connectivity index (χ1n) is 4.64. The molecule has 84 valence electrons. The fourth-order valence-electron chi connectivity index (χ4n) is 0.779. The largest absolute Gasteiger partial charge is 0.379 e. The Morgan fingerprint density at radius 1 is 0.800 bits per heavy atom. The highest BCUT2D eigenvalue weighted by Gasteiger charge is 1.90. The van der Waals surface area contributed by atoms with Gasteiger partial charge in [0.2, 0.25) is 12.2 Å². The summed E-state index contributed by atoms with van der Waals surface area (Å²) in [6.07, 6.45) is 3.61. The van der Waals surface area contributed by atoms with E-state index in [1.807, 2.05) is 0 Å². The molecule has 0 aromatic heterocycles. The molecule has 0 amide bonds. The topological polar surface area (TPSA) is 77.3 Å². The van der Waals surface area contributed by atoms with Crippen molar-refractivity contribution >= 4 is 12.2 Å². The lowest BCUT2D eigenvalue weighted by molar-refractivity contribution is 0.0892. The Balaban J connectivity index is 2.98. The Labute approximate surface area is 88.0 Å². The summed E-state index contributed by atoms with van der Waals surface area (Å²) in [6, 6.07) is 0. The van der Waals surface area contributed by atoms with Crippen molar-refractivity contribution in [1.82, 2.24) is 0 Å². The Kier molecular flexibility index (Phi) is 11.6. The third-order valence-corrected chi connectivity index (χ3v) is 1.40. The highest BCUT2D eigenvalue weighted by Crippen LogP contribution is 1.85. The average Bonchev–Trinajstić information content (AvgIpc) is 2.26. The minimum absolute atomic E-state index is 0.346. The minimum Gasteiger partial charge on any atom is -0.379 e. The summed E-state index contributed by atoms with van der Waals surface area (Å²) in [7, 11) is 0. The van der Waals surface area contributed by atoms with Crippen LogP contribution in [0.4, 0.5) is 0 Å². The predicted molar refractivity (Wildman–Crippen MR) is 52.2 cm³/mol. The maximum atomic E-state index is 9.66. The van der Waals surface area contributed by atoms with Crippen LogP contribution in [0.3, 0.4) is 0 Å². The lowest BCUT2D eigenvalue weighted by Gasteiger charge is -2.02. The molecule has 0 radical (unpaired) electrons. The lowest BCUT2D eigenvalue weighted by Crippen LogP contribution is -2.05. The highest BCUT2D eigenvalue weighted by atomic mass is 16.5. The third kappa shape index (κ3) is 12.7. The molecule has 0 spiro atoms. The normalized spacial score (nSPS) is 9.07. The summed E-state index contributed by atoms with van der Waals surface area (Å²) >= 11 is 0. The van der Waals surface area contributed by atoms with E-state index in [-0.39, 0.29) is 0 Å². The molecule has 0 aromatic carbocycles. The molecule has 0 aliphatic carbocycles. The van der Waals surface area contributed by atoms with Crippen molar-refractivity contribution in [2.75, 3.05) is 39.5 Å². The van der Waals surface area contributed by atoms with Crippen LogP contribution in [0.2, 0.25) is 0 Å². The first kappa shape index (κ1) is 13.7. The first-order chi connectivity index (χ1) is 7.41. The molecule has 0 heterocycles. The quantitative estimate of drug-likeness (QED) is 0.293. The lowest BCUT2D eigenvalue weighted by atomic mass is 10.5. The van der Waals surface area contributed by atoms with Gasteiger partial charge >= 0.3 is 0 Å². The van der Waals surface area contributed by atoms with Gasteiger partial charge in [0.15, 0.2) is 0 Å². The SMILES string of the molecule is O=C=NCCOCCCOCCN=C=O. The van der Waals surface area contributed by atoms with Gasteiger partial charge in [-0.3, -0.25) is 0 Å².